The van der Waals surface area contributed by atoms with Crippen molar-refractivity contribution in [3.05, 3.63) is 64.6 Å². The number of nitrogens with zero attached hydrogens (tertiary/aromatic N) is 3. The molecule has 0 aliphatic carbocycles. The van der Waals surface area contributed by atoms with E-state index < -0.39 is 5.97 Å². The van der Waals surface area contributed by atoms with Gasteiger partial charge < -0.3 is 5.11 Å². The number of aromatic carboxylic acids is 1. The zero-order chi connectivity index (χ0) is 14.8. The van der Waals surface area contributed by atoms with Crippen molar-refractivity contribution in [3.63, 3.8) is 0 Å². The Morgan fingerprint density at radius 2 is 1.90 bits per heavy atom. The van der Waals surface area contributed by atoms with Gasteiger partial charge in [-0.05, 0) is 35.9 Å². The highest BCUT2D eigenvalue weighted by Crippen LogP contribution is 2.12. The minimum atomic E-state index is -1.07. The van der Waals surface area contributed by atoms with Crippen molar-refractivity contribution in [2.24, 2.45) is 0 Å². The monoisotopic (exact) mass is 299 g/mol. The highest BCUT2D eigenvalue weighted by Gasteiger charge is 2.08. The van der Waals surface area contributed by atoms with E-state index in [9.17, 15) is 4.79 Å². The van der Waals surface area contributed by atoms with Crippen LogP contribution >= 0.6 is 11.6 Å². The Morgan fingerprint density at radius 1 is 1.14 bits per heavy atom. The van der Waals surface area contributed by atoms with Crippen molar-refractivity contribution in [1.29, 1.82) is 0 Å². The first-order valence-electron chi connectivity index (χ1n) is 6.15. The Morgan fingerprint density at radius 3 is 2.62 bits per heavy atom. The third-order valence-corrected chi connectivity index (χ3v) is 3.13. The van der Waals surface area contributed by atoms with Crippen LogP contribution in [0.25, 0.3) is 17.8 Å². The summed E-state index contributed by atoms with van der Waals surface area (Å²) in [5, 5.41) is 13.9. The molecule has 6 heteroatoms. The topological polar surface area (TPSA) is 67.5 Å². The van der Waals surface area contributed by atoms with Gasteiger partial charge in [0.1, 0.15) is 0 Å². The van der Waals surface area contributed by atoms with Crippen molar-refractivity contribution >= 4 is 35.4 Å². The van der Waals surface area contributed by atoms with E-state index in [0.29, 0.717) is 16.4 Å². The number of aromatic nitrogens is 3. The van der Waals surface area contributed by atoms with Crippen LogP contribution in [0.5, 0.6) is 0 Å². The molecule has 0 aliphatic rings. The third kappa shape index (κ3) is 2.93. The molecule has 3 aromatic rings. The van der Waals surface area contributed by atoms with Crippen LogP contribution in [0.2, 0.25) is 5.02 Å². The van der Waals surface area contributed by atoms with Gasteiger partial charge in [-0.1, -0.05) is 29.8 Å². The summed E-state index contributed by atoms with van der Waals surface area (Å²) in [4.78, 5) is 14.8. The van der Waals surface area contributed by atoms with Gasteiger partial charge in [0.15, 0.2) is 11.3 Å². The van der Waals surface area contributed by atoms with Crippen LogP contribution in [0.1, 0.15) is 21.7 Å². The largest absolute Gasteiger partial charge is 0.476 e. The molecule has 0 saturated heterocycles. The standard InChI is InChI=1S/C15H10ClN3O2/c16-11-4-1-10(2-5-11)3-6-12-7-8-14-17-13(15(20)21)9-19(14)18-12/h1-9H,(H,20,21)/b6-3+. The number of hydrogen-bond donors (Lipinski definition) is 1. The van der Waals surface area contributed by atoms with Gasteiger partial charge in [0, 0.05) is 5.02 Å². The number of rotatable bonds is 3. The van der Waals surface area contributed by atoms with Crippen LogP contribution in [0.15, 0.2) is 42.6 Å². The van der Waals surface area contributed by atoms with E-state index in [1.807, 2.05) is 36.4 Å². The first-order chi connectivity index (χ1) is 10.1. The Hall–Kier alpha value is -2.66. The summed E-state index contributed by atoms with van der Waals surface area (Å²) in [7, 11) is 0. The van der Waals surface area contributed by atoms with E-state index in [4.69, 9.17) is 16.7 Å². The highest BCUT2D eigenvalue weighted by molar-refractivity contribution is 6.30. The molecule has 1 N–H and O–H groups in total. The average Bonchev–Trinajstić information content (AvgIpc) is 2.90. The van der Waals surface area contributed by atoms with Gasteiger partial charge in [0.25, 0.3) is 0 Å². The molecule has 5 nitrogen and oxygen atoms in total. The molecule has 2 aromatic heterocycles. The minimum Gasteiger partial charge on any atom is -0.476 e. The van der Waals surface area contributed by atoms with Crippen molar-refractivity contribution in [2.75, 3.05) is 0 Å². The Kier molecular flexibility index (Phi) is 3.41. The van der Waals surface area contributed by atoms with Crippen molar-refractivity contribution in [3.8, 4) is 0 Å². The number of halogens is 1. The lowest BCUT2D eigenvalue weighted by Gasteiger charge is -1.96. The molecule has 104 valence electrons. The lowest BCUT2D eigenvalue weighted by Crippen LogP contribution is -1.95. The second-order valence-electron chi connectivity index (χ2n) is 4.38. The smallest absolute Gasteiger partial charge is 0.356 e. The molecule has 3 rings (SSSR count). The molecule has 0 saturated carbocycles. The van der Waals surface area contributed by atoms with Gasteiger partial charge in [0.05, 0.1) is 11.9 Å². The number of fused-ring (bicyclic) bond motifs is 1. The molecule has 0 aliphatic heterocycles. The molecule has 0 fully saturated rings. The van der Waals surface area contributed by atoms with Gasteiger partial charge in [-0.2, -0.15) is 5.10 Å². The molecule has 0 spiro atoms. The van der Waals surface area contributed by atoms with Crippen LogP contribution in [0, 0.1) is 0 Å². The third-order valence-electron chi connectivity index (χ3n) is 2.88. The van der Waals surface area contributed by atoms with E-state index in [0.717, 1.165) is 5.56 Å². The molecule has 0 bridgehead atoms. The number of benzene rings is 1. The van der Waals surface area contributed by atoms with Crippen molar-refractivity contribution in [1.82, 2.24) is 14.6 Å². The summed E-state index contributed by atoms with van der Waals surface area (Å²) in [5.41, 5.74) is 2.17. The number of carboxylic acid groups (broad SMARTS) is 1. The number of hydrogen-bond acceptors (Lipinski definition) is 3. The molecule has 0 amide bonds. The van der Waals surface area contributed by atoms with E-state index in [1.165, 1.54) is 10.7 Å². The van der Waals surface area contributed by atoms with Gasteiger partial charge in [-0.3, -0.25) is 0 Å². The summed E-state index contributed by atoms with van der Waals surface area (Å²) in [6, 6.07) is 10.9. The Labute approximate surface area is 125 Å². The van der Waals surface area contributed by atoms with Gasteiger partial charge in [-0.15, -0.1) is 0 Å². The maximum atomic E-state index is 10.9. The molecule has 21 heavy (non-hydrogen) atoms. The SMILES string of the molecule is O=C(O)c1cn2nc(/C=C/c3ccc(Cl)cc3)ccc2n1. The molecule has 0 atom stereocenters. The van der Waals surface area contributed by atoms with E-state index in [1.54, 1.807) is 12.1 Å². The van der Waals surface area contributed by atoms with Crippen LogP contribution in [-0.4, -0.2) is 25.7 Å². The average molecular weight is 300 g/mol. The van der Waals surface area contributed by atoms with Crippen LogP contribution < -0.4 is 0 Å². The minimum absolute atomic E-state index is 0.0265. The van der Waals surface area contributed by atoms with Crippen LogP contribution in [-0.2, 0) is 0 Å². The predicted molar refractivity (Wildman–Crippen MR) is 80.3 cm³/mol. The van der Waals surface area contributed by atoms with Crippen LogP contribution in [0.4, 0.5) is 0 Å². The fourth-order valence-corrected chi connectivity index (χ4v) is 1.97. The summed E-state index contributed by atoms with van der Waals surface area (Å²) >= 11 is 5.83. The molecular formula is C15H10ClN3O2. The van der Waals surface area contributed by atoms with E-state index in [-0.39, 0.29) is 5.69 Å². The zero-order valence-corrected chi connectivity index (χ0v) is 11.5. The van der Waals surface area contributed by atoms with E-state index >= 15 is 0 Å². The maximum absolute atomic E-state index is 10.9. The molecule has 0 radical (unpaired) electrons. The Balaban J connectivity index is 1.90. The van der Waals surface area contributed by atoms with Crippen molar-refractivity contribution < 1.29 is 9.90 Å². The van der Waals surface area contributed by atoms with E-state index in [2.05, 4.69) is 10.1 Å². The molecule has 2 heterocycles. The van der Waals surface area contributed by atoms with Gasteiger partial charge in [0.2, 0.25) is 0 Å². The first kappa shape index (κ1) is 13.3. The summed E-state index contributed by atoms with van der Waals surface area (Å²) < 4.78 is 1.45. The molecule has 0 unspecified atom stereocenters. The van der Waals surface area contributed by atoms with Gasteiger partial charge in [-0.25, -0.2) is 14.3 Å². The number of carbonyl (C=O) groups is 1. The fourth-order valence-electron chi connectivity index (χ4n) is 1.84. The summed E-state index contributed by atoms with van der Waals surface area (Å²) in [5.74, 6) is -1.07. The lowest BCUT2D eigenvalue weighted by molar-refractivity contribution is 0.0691. The quantitative estimate of drug-likeness (QED) is 0.806. The fraction of sp³-hybridized carbons (Fsp3) is 0. The molecular weight excluding hydrogens is 290 g/mol. The molecule has 1 aromatic carbocycles. The Bertz CT molecular complexity index is 838. The van der Waals surface area contributed by atoms with Crippen LogP contribution in [0.3, 0.4) is 0 Å². The second-order valence-corrected chi connectivity index (χ2v) is 4.81. The normalized spacial score (nSPS) is 11.3. The summed E-state index contributed by atoms with van der Waals surface area (Å²) in [6.45, 7) is 0. The first-order valence-corrected chi connectivity index (χ1v) is 6.53. The van der Waals surface area contributed by atoms with Crippen molar-refractivity contribution in [2.45, 2.75) is 0 Å². The maximum Gasteiger partial charge on any atom is 0.356 e. The predicted octanol–water partition coefficient (Wildman–Crippen LogP) is 3.25. The zero-order valence-electron chi connectivity index (χ0n) is 10.8. The van der Waals surface area contributed by atoms with Gasteiger partial charge >= 0.3 is 5.97 Å². The lowest BCUT2D eigenvalue weighted by atomic mass is 10.2. The number of imidazole rings is 1. The summed E-state index contributed by atoms with van der Waals surface area (Å²) in [6.07, 6.45) is 5.12. The highest BCUT2D eigenvalue weighted by atomic mass is 35.5. The second kappa shape index (κ2) is 5.38. The number of carboxylic acids is 1.